The molecule has 1 aromatic rings. The summed E-state index contributed by atoms with van der Waals surface area (Å²) in [5.41, 5.74) is 6.90. The van der Waals surface area contributed by atoms with Crippen LogP contribution in [-0.4, -0.2) is 12.6 Å². The van der Waals surface area contributed by atoms with E-state index in [1.807, 2.05) is 0 Å². The van der Waals surface area contributed by atoms with Crippen molar-refractivity contribution in [2.45, 2.75) is 18.6 Å². The lowest BCUT2D eigenvalue weighted by molar-refractivity contribution is 0.0245. The highest BCUT2D eigenvalue weighted by molar-refractivity contribution is 5.24. The summed E-state index contributed by atoms with van der Waals surface area (Å²) >= 11 is 0. The van der Waals surface area contributed by atoms with Gasteiger partial charge >= 0.3 is 0 Å². The average Bonchev–Trinajstić information content (AvgIpc) is 2.22. The van der Waals surface area contributed by atoms with Crippen molar-refractivity contribution in [2.75, 3.05) is 6.61 Å². The number of benzene rings is 1. The molecule has 1 saturated heterocycles. The number of rotatable bonds is 1. The molecule has 0 unspecified atom stereocenters. The van der Waals surface area contributed by atoms with Crippen molar-refractivity contribution in [3.05, 3.63) is 47.5 Å². The molecule has 2 nitrogen and oxygen atoms in total. The molecule has 0 bridgehead atoms. The van der Waals surface area contributed by atoms with Crippen molar-refractivity contribution < 1.29 is 13.5 Å². The van der Waals surface area contributed by atoms with Crippen LogP contribution in [0.5, 0.6) is 0 Å². The molecule has 1 aromatic carbocycles. The van der Waals surface area contributed by atoms with E-state index >= 15 is 0 Å². The van der Waals surface area contributed by atoms with Crippen molar-refractivity contribution in [2.24, 2.45) is 5.73 Å². The second kappa shape index (κ2) is 4.31. The molecular formula is C12H13F2NO. The summed E-state index contributed by atoms with van der Waals surface area (Å²) in [7, 11) is 0. The molecule has 0 amide bonds. The van der Waals surface area contributed by atoms with Crippen molar-refractivity contribution in [3.8, 4) is 0 Å². The smallest absolute Gasteiger partial charge is 0.129 e. The second-order valence-corrected chi connectivity index (χ2v) is 4.02. The Kier molecular flexibility index (Phi) is 3.03. The van der Waals surface area contributed by atoms with Crippen LogP contribution >= 0.6 is 0 Å². The van der Waals surface area contributed by atoms with Crippen LogP contribution in [0.3, 0.4) is 0 Å². The van der Waals surface area contributed by atoms with Gasteiger partial charge in [0.2, 0.25) is 0 Å². The topological polar surface area (TPSA) is 35.2 Å². The maximum absolute atomic E-state index is 13.5. The normalized spacial score (nSPS) is 25.8. The Morgan fingerprint density at radius 3 is 2.81 bits per heavy atom. The number of halogens is 2. The Morgan fingerprint density at radius 2 is 2.12 bits per heavy atom. The average molecular weight is 225 g/mol. The van der Waals surface area contributed by atoms with E-state index in [1.165, 1.54) is 0 Å². The summed E-state index contributed by atoms with van der Waals surface area (Å²) in [6, 6.07) is 2.92. The van der Waals surface area contributed by atoms with Gasteiger partial charge < -0.3 is 10.5 Å². The van der Waals surface area contributed by atoms with Crippen LogP contribution in [0.4, 0.5) is 8.78 Å². The lowest BCUT2D eigenvalue weighted by Crippen LogP contribution is -2.36. The first-order valence-electron chi connectivity index (χ1n) is 5.06. The van der Waals surface area contributed by atoms with Gasteiger partial charge in [-0.25, -0.2) is 8.78 Å². The number of ether oxygens (including phenoxy) is 1. The first kappa shape index (κ1) is 11.2. The van der Waals surface area contributed by atoms with Crippen LogP contribution < -0.4 is 5.73 Å². The molecule has 86 valence electrons. The largest absolute Gasteiger partial charge is 0.367 e. The Morgan fingerprint density at radius 1 is 1.38 bits per heavy atom. The van der Waals surface area contributed by atoms with Crippen LogP contribution in [0.25, 0.3) is 0 Å². The molecule has 2 rings (SSSR count). The van der Waals surface area contributed by atoms with Crippen LogP contribution in [0.2, 0.25) is 0 Å². The molecule has 16 heavy (non-hydrogen) atoms. The molecule has 0 spiro atoms. The minimum Gasteiger partial charge on any atom is -0.367 e. The van der Waals surface area contributed by atoms with Gasteiger partial charge in [-0.15, -0.1) is 0 Å². The van der Waals surface area contributed by atoms with E-state index in [0.717, 1.165) is 23.8 Å². The zero-order chi connectivity index (χ0) is 11.7. The van der Waals surface area contributed by atoms with E-state index in [1.54, 1.807) is 0 Å². The Balaban J connectivity index is 2.29. The van der Waals surface area contributed by atoms with Gasteiger partial charge in [0.05, 0.1) is 6.61 Å². The predicted octanol–water partition coefficient (Wildman–Crippen LogP) is 2.31. The van der Waals surface area contributed by atoms with Gasteiger partial charge in [0, 0.05) is 11.6 Å². The van der Waals surface area contributed by atoms with Crippen molar-refractivity contribution in [3.63, 3.8) is 0 Å². The van der Waals surface area contributed by atoms with Gasteiger partial charge in [0.25, 0.3) is 0 Å². The fourth-order valence-electron chi connectivity index (χ4n) is 1.88. The lowest BCUT2D eigenvalue weighted by atomic mass is 9.94. The number of hydrogen-bond donors (Lipinski definition) is 1. The third-order valence-corrected chi connectivity index (χ3v) is 2.64. The molecule has 1 fully saturated rings. The molecule has 0 saturated carbocycles. The number of hydrogen-bond acceptors (Lipinski definition) is 2. The van der Waals surface area contributed by atoms with E-state index in [0.29, 0.717) is 13.0 Å². The molecule has 4 heteroatoms. The second-order valence-electron chi connectivity index (χ2n) is 4.02. The van der Waals surface area contributed by atoms with Crippen molar-refractivity contribution >= 4 is 0 Å². The summed E-state index contributed by atoms with van der Waals surface area (Å²) in [5.74, 6) is -0.981. The molecule has 0 radical (unpaired) electrons. The van der Waals surface area contributed by atoms with Gasteiger partial charge in [-0.3, -0.25) is 0 Å². The first-order valence-corrected chi connectivity index (χ1v) is 5.06. The fraction of sp³-hybridized carbons (Fsp3) is 0.333. The third kappa shape index (κ3) is 2.13. The van der Waals surface area contributed by atoms with Crippen LogP contribution in [0.15, 0.2) is 30.4 Å². The van der Waals surface area contributed by atoms with E-state index in [2.05, 4.69) is 6.58 Å². The quantitative estimate of drug-likeness (QED) is 0.744. The molecule has 1 aliphatic heterocycles. The molecule has 0 aliphatic carbocycles. The SMILES string of the molecule is C=C1CO[C@@H](c2cc(F)ccc2F)[C@H](N)C1. The molecule has 1 heterocycles. The minimum atomic E-state index is -0.596. The number of nitrogens with two attached hydrogens (primary N) is 1. The Hall–Kier alpha value is -1.26. The van der Waals surface area contributed by atoms with Crippen LogP contribution in [0, 0.1) is 11.6 Å². The van der Waals surface area contributed by atoms with E-state index < -0.39 is 17.7 Å². The molecule has 2 atom stereocenters. The summed E-state index contributed by atoms with van der Waals surface area (Å²) in [4.78, 5) is 0. The first-order chi connectivity index (χ1) is 7.58. The molecular weight excluding hydrogens is 212 g/mol. The summed E-state index contributed by atoms with van der Waals surface area (Å²) in [6.45, 7) is 4.10. The maximum atomic E-state index is 13.5. The summed E-state index contributed by atoms with van der Waals surface area (Å²) in [6.07, 6.45) is -0.0261. The highest BCUT2D eigenvalue weighted by Gasteiger charge is 2.28. The fourth-order valence-corrected chi connectivity index (χ4v) is 1.88. The van der Waals surface area contributed by atoms with E-state index in [4.69, 9.17) is 10.5 Å². The standard InChI is InChI=1S/C12H13F2NO/c1-7-4-11(15)12(16-6-7)9-5-8(13)2-3-10(9)14/h2-3,5,11-12H,1,4,6,15H2/t11-,12+/m1/s1. The Bertz CT molecular complexity index is 419. The minimum absolute atomic E-state index is 0.181. The zero-order valence-electron chi connectivity index (χ0n) is 8.75. The Labute approximate surface area is 92.7 Å². The van der Waals surface area contributed by atoms with Gasteiger partial charge in [-0.05, 0) is 24.6 Å². The van der Waals surface area contributed by atoms with E-state index in [9.17, 15) is 8.78 Å². The van der Waals surface area contributed by atoms with Crippen molar-refractivity contribution in [1.82, 2.24) is 0 Å². The van der Waals surface area contributed by atoms with E-state index in [-0.39, 0.29) is 11.6 Å². The zero-order valence-corrected chi connectivity index (χ0v) is 8.75. The van der Waals surface area contributed by atoms with Crippen LogP contribution in [-0.2, 0) is 4.74 Å². The van der Waals surface area contributed by atoms with Gasteiger partial charge in [0.15, 0.2) is 0 Å². The molecule has 2 N–H and O–H groups in total. The molecule has 1 aliphatic rings. The van der Waals surface area contributed by atoms with Gasteiger partial charge in [-0.1, -0.05) is 12.2 Å². The monoisotopic (exact) mass is 225 g/mol. The third-order valence-electron chi connectivity index (χ3n) is 2.64. The summed E-state index contributed by atoms with van der Waals surface area (Å²) in [5, 5.41) is 0. The van der Waals surface area contributed by atoms with Crippen LogP contribution in [0.1, 0.15) is 18.1 Å². The van der Waals surface area contributed by atoms with Crippen molar-refractivity contribution in [1.29, 1.82) is 0 Å². The van der Waals surface area contributed by atoms with Gasteiger partial charge in [0.1, 0.15) is 17.7 Å². The summed E-state index contributed by atoms with van der Waals surface area (Å²) < 4.78 is 31.9. The van der Waals surface area contributed by atoms with Gasteiger partial charge in [-0.2, -0.15) is 0 Å². The maximum Gasteiger partial charge on any atom is 0.129 e. The highest BCUT2D eigenvalue weighted by Crippen LogP contribution is 2.30. The predicted molar refractivity (Wildman–Crippen MR) is 56.8 cm³/mol. The molecule has 0 aromatic heterocycles. The highest BCUT2D eigenvalue weighted by atomic mass is 19.1. The lowest BCUT2D eigenvalue weighted by Gasteiger charge is -2.30.